The highest BCUT2D eigenvalue weighted by molar-refractivity contribution is 6.04. The van der Waals surface area contributed by atoms with Crippen molar-refractivity contribution in [1.29, 1.82) is 0 Å². The molecule has 3 aromatic rings. The molecule has 28 heavy (non-hydrogen) atoms. The van der Waals surface area contributed by atoms with Crippen molar-refractivity contribution in [1.82, 2.24) is 9.97 Å². The van der Waals surface area contributed by atoms with Crippen molar-refractivity contribution >= 4 is 29.0 Å². The Morgan fingerprint density at radius 3 is 2.46 bits per heavy atom. The van der Waals surface area contributed by atoms with Crippen LogP contribution in [0.25, 0.3) is 0 Å². The lowest BCUT2D eigenvalue weighted by atomic mass is 10.1. The van der Waals surface area contributed by atoms with Gasteiger partial charge in [-0.25, -0.2) is 9.97 Å². The van der Waals surface area contributed by atoms with Gasteiger partial charge in [0.05, 0.1) is 17.9 Å². The molecule has 2 aromatic carbocycles. The monoisotopic (exact) mass is 376 g/mol. The van der Waals surface area contributed by atoms with Gasteiger partial charge >= 0.3 is 0 Å². The van der Waals surface area contributed by atoms with Gasteiger partial charge in [-0.1, -0.05) is 24.3 Å². The van der Waals surface area contributed by atoms with Crippen LogP contribution in [0.3, 0.4) is 0 Å². The summed E-state index contributed by atoms with van der Waals surface area (Å²) >= 11 is 0. The van der Waals surface area contributed by atoms with Crippen molar-refractivity contribution < 1.29 is 14.3 Å². The lowest BCUT2D eigenvalue weighted by molar-refractivity contribution is 0.101. The van der Waals surface area contributed by atoms with Crippen LogP contribution in [0.1, 0.15) is 34.6 Å². The van der Waals surface area contributed by atoms with E-state index in [0.717, 1.165) is 5.69 Å². The molecule has 142 valence electrons. The number of amides is 1. The second-order valence-electron chi connectivity index (χ2n) is 5.94. The van der Waals surface area contributed by atoms with E-state index >= 15 is 0 Å². The summed E-state index contributed by atoms with van der Waals surface area (Å²) in [4.78, 5) is 32.2. The van der Waals surface area contributed by atoms with E-state index in [0.29, 0.717) is 35.1 Å². The zero-order valence-corrected chi connectivity index (χ0v) is 15.6. The summed E-state index contributed by atoms with van der Waals surface area (Å²) in [6.07, 6.45) is 2.87. The molecule has 1 amide bonds. The first kappa shape index (κ1) is 19.0. The molecule has 0 spiro atoms. The lowest BCUT2D eigenvalue weighted by Gasteiger charge is -2.11. The van der Waals surface area contributed by atoms with Crippen LogP contribution in [0.5, 0.6) is 5.75 Å². The van der Waals surface area contributed by atoms with E-state index in [4.69, 9.17) is 4.74 Å². The average molecular weight is 376 g/mol. The highest BCUT2D eigenvalue weighted by Crippen LogP contribution is 2.25. The summed E-state index contributed by atoms with van der Waals surface area (Å²) in [5, 5.41) is 5.81. The summed E-state index contributed by atoms with van der Waals surface area (Å²) in [5.41, 5.74) is 2.10. The Bertz CT molecular complexity index is 987. The molecule has 0 radical (unpaired) electrons. The number of hydrogen-bond acceptors (Lipinski definition) is 6. The van der Waals surface area contributed by atoms with Crippen LogP contribution in [-0.4, -0.2) is 28.3 Å². The molecule has 2 N–H and O–H groups in total. The third-order valence-corrected chi connectivity index (χ3v) is 3.87. The van der Waals surface area contributed by atoms with Gasteiger partial charge in [0, 0.05) is 23.6 Å². The SMILES string of the molecule is CCOc1ccccc1Nc1ncc(C(=O)Nc2cccc(C(C)=O)c2)cn1. The zero-order valence-electron chi connectivity index (χ0n) is 15.6. The Balaban J connectivity index is 1.70. The number of anilines is 3. The highest BCUT2D eigenvalue weighted by Gasteiger charge is 2.10. The molecule has 0 aliphatic carbocycles. The van der Waals surface area contributed by atoms with E-state index in [9.17, 15) is 9.59 Å². The van der Waals surface area contributed by atoms with Gasteiger partial charge < -0.3 is 15.4 Å². The first-order chi connectivity index (χ1) is 13.6. The largest absolute Gasteiger partial charge is 0.492 e. The molecule has 0 aliphatic rings. The molecule has 0 saturated carbocycles. The van der Waals surface area contributed by atoms with Gasteiger partial charge in [0.15, 0.2) is 5.78 Å². The van der Waals surface area contributed by atoms with Crippen molar-refractivity contribution in [2.24, 2.45) is 0 Å². The van der Waals surface area contributed by atoms with Gasteiger partial charge in [-0.15, -0.1) is 0 Å². The molecule has 0 fully saturated rings. The number of para-hydroxylation sites is 2. The third-order valence-electron chi connectivity index (χ3n) is 3.87. The Morgan fingerprint density at radius 2 is 1.75 bits per heavy atom. The molecule has 1 aromatic heterocycles. The van der Waals surface area contributed by atoms with Gasteiger partial charge in [0.25, 0.3) is 5.91 Å². The van der Waals surface area contributed by atoms with Crippen LogP contribution in [0.2, 0.25) is 0 Å². The molecule has 0 aliphatic heterocycles. The zero-order chi connectivity index (χ0) is 19.9. The summed E-state index contributed by atoms with van der Waals surface area (Å²) in [7, 11) is 0. The number of nitrogens with zero attached hydrogens (tertiary/aromatic N) is 2. The summed E-state index contributed by atoms with van der Waals surface area (Å²) in [6, 6.07) is 14.2. The molecule has 7 heteroatoms. The molecule has 3 rings (SSSR count). The fourth-order valence-corrected chi connectivity index (χ4v) is 2.50. The molecule has 0 saturated heterocycles. The van der Waals surface area contributed by atoms with E-state index in [1.54, 1.807) is 24.3 Å². The number of Topliss-reactive ketones (excluding diaryl/α,β-unsaturated/α-hetero) is 1. The minimum Gasteiger partial charge on any atom is -0.492 e. The van der Waals surface area contributed by atoms with Crippen molar-refractivity contribution in [3.8, 4) is 5.75 Å². The summed E-state index contributed by atoms with van der Waals surface area (Å²) in [6.45, 7) is 3.93. The van der Waals surface area contributed by atoms with Crippen molar-refractivity contribution in [2.45, 2.75) is 13.8 Å². The van der Waals surface area contributed by atoms with Gasteiger partial charge in [-0.05, 0) is 38.1 Å². The normalized spacial score (nSPS) is 10.2. The molecule has 1 heterocycles. The first-order valence-corrected chi connectivity index (χ1v) is 8.80. The Labute approximate surface area is 162 Å². The van der Waals surface area contributed by atoms with Gasteiger partial charge in [-0.2, -0.15) is 0 Å². The Morgan fingerprint density at radius 1 is 1.00 bits per heavy atom. The van der Waals surface area contributed by atoms with E-state index in [-0.39, 0.29) is 11.7 Å². The van der Waals surface area contributed by atoms with Gasteiger partial charge in [0.2, 0.25) is 5.95 Å². The van der Waals surface area contributed by atoms with Crippen LogP contribution in [0.15, 0.2) is 60.9 Å². The molecule has 7 nitrogen and oxygen atoms in total. The maximum Gasteiger partial charge on any atom is 0.258 e. The first-order valence-electron chi connectivity index (χ1n) is 8.80. The number of rotatable bonds is 7. The molecule has 0 unspecified atom stereocenters. The number of ether oxygens (including phenoxy) is 1. The highest BCUT2D eigenvalue weighted by atomic mass is 16.5. The maximum atomic E-state index is 12.4. The third kappa shape index (κ3) is 4.70. The van der Waals surface area contributed by atoms with E-state index < -0.39 is 0 Å². The van der Waals surface area contributed by atoms with Crippen LogP contribution in [0.4, 0.5) is 17.3 Å². The van der Waals surface area contributed by atoms with E-state index in [1.807, 2.05) is 31.2 Å². The van der Waals surface area contributed by atoms with Crippen LogP contribution in [-0.2, 0) is 0 Å². The predicted octanol–water partition coefficient (Wildman–Crippen LogP) is 4.07. The average Bonchev–Trinajstić information content (AvgIpc) is 2.70. The van der Waals surface area contributed by atoms with Gasteiger partial charge in [-0.3, -0.25) is 9.59 Å². The number of ketones is 1. The molecule has 0 bridgehead atoms. The van der Waals surface area contributed by atoms with E-state index in [2.05, 4.69) is 20.6 Å². The second kappa shape index (κ2) is 8.77. The number of benzene rings is 2. The van der Waals surface area contributed by atoms with Crippen LogP contribution < -0.4 is 15.4 Å². The Hall–Kier alpha value is -3.74. The Kier molecular flexibility index (Phi) is 5.96. The lowest BCUT2D eigenvalue weighted by Crippen LogP contribution is -2.13. The predicted molar refractivity (Wildman–Crippen MR) is 107 cm³/mol. The molecular formula is C21H20N4O3. The maximum absolute atomic E-state index is 12.4. The quantitative estimate of drug-likeness (QED) is 0.604. The van der Waals surface area contributed by atoms with Gasteiger partial charge in [0.1, 0.15) is 5.75 Å². The minimum absolute atomic E-state index is 0.0674. The topological polar surface area (TPSA) is 93.2 Å². The fraction of sp³-hybridized carbons (Fsp3) is 0.143. The van der Waals surface area contributed by atoms with Crippen LogP contribution in [0, 0.1) is 0 Å². The molecule has 0 atom stereocenters. The second-order valence-corrected chi connectivity index (χ2v) is 5.94. The number of nitrogens with one attached hydrogen (secondary N) is 2. The smallest absolute Gasteiger partial charge is 0.258 e. The minimum atomic E-state index is -0.359. The fourth-order valence-electron chi connectivity index (χ4n) is 2.50. The number of hydrogen-bond donors (Lipinski definition) is 2. The van der Waals surface area contributed by atoms with Crippen molar-refractivity contribution in [3.05, 3.63) is 72.1 Å². The van der Waals surface area contributed by atoms with E-state index in [1.165, 1.54) is 19.3 Å². The number of aromatic nitrogens is 2. The number of carbonyl (C=O) groups excluding carboxylic acids is 2. The summed E-state index contributed by atoms with van der Waals surface area (Å²) in [5.74, 6) is 0.618. The molecular weight excluding hydrogens is 356 g/mol. The van der Waals surface area contributed by atoms with Crippen molar-refractivity contribution in [3.63, 3.8) is 0 Å². The standard InChI is InChI=1S/C21H20N4O3/c1-3-28-19-10-5-4-9-18(19)25-21-22-12-16(13-23-21)20(27)24-17-8-6-7-15(11-17)14(2)26/h4-13H,3H2,1-2H3,(H,24,27)(H,22,23,25). The van der Waals surface area contributed by atoms with Crippen LogP contribution >= 0.6 is 0 Å². The van der Waals surface area contributed by atoms with Crippen molar-refractivity contribution in [2.75, 3.05) is 17.2 Å². The summed E-state index contributed by atoms with van der Waals surface area (Å²) < 4.78 is 5.56. The number of carbonyl (C=O) groups is 2.